The monoisotopic (exact) mass is 620 g/mol. The molecule has 2 nitrogen and oxygen atoms in total. The van der Waals surface area contributed by atoms with Crippen LogP contribution in [-0.2, 0) is 0 Å². The Labute approximate surface area is 273 Å². The highest BCUT2D eigenvalue weighted by atomic mass is 28.3. The van der Waals surface area contributed by atoms with Crippen LogP contribution in [0.25, 0.3) is 0 Å². The van der Waals surface area contributed by atoms with Crippen LogP contribution in [0.1, 0.15) is 0 Å². The van der Waals surface area contributed by atoms with E-state index in [1.165, 1.54) is 65.2 Å². The Morgan fingerprint density at radius 1 is 0.283 bits per heavy atom. The van der Waals surface area contributed by atoms with Crippen LogP contribution in [0.4, 0.5) is 34.1 Å². The molecule has 4 heteroatoms. The van der Waals surface area contributed by atoms with Gasteiger partial charge in [0.25, 0.3) is 0 Å². The second kappa shape index (κ2) is 11.2. The predicted octanol–water partition coefficient (Wildman–Crippen LogP) is 5.75. The summed E-state index contributed by atoms with van der Waals surface area (Å²) in [4.78, 5) is 5.03. The molecule has 2 unspecified atom stereocenters. The minimum Gasteiger partial charge on any atom is -0.311 e. The fourth-order valence-electron chi connectivity index (χ4n) is 7.65. The topological polar surface area (TPSA) is 6.48 Å². The summed E-state index contributed by atoms with van der Waals surface area (Å²) in [5, 5.41) is 8.84. The van der Waals surface area contributed by atoms with Crippen molar-refractivity contribution in [1.29, 1.82) is 0 Å². The number of nitrogens with zero attached hydrogens (tertiary/aromatic N) is 2. The lowest BCUT2D eigenvalue weighted by molar-refractivity contribution is 1.26. The standard InChI is InChI=1S/C42H32N2Si2/c1-5-17-31(18-6-1)43-35-25-13-15-27-39(35)45(33-21-9-3-10-22-33)41-30-42-38(29-37(41)43)44(32-19-7-2-8-20-32)36-26-14-16-28-40(36)46(42)34-23-11-4-12-24-34/h1-30,45-46H. The Hall–Kier alpha value is -5.43. The van der Waals surface area contributed by atoms with E-state index in [-0.39, 0.29) is 0 Å². The van der Waals surface area contributed by atoms with Crippen molar-refractivity contribution in [2.24, 2.45) is 0 Å². The van der Waals surface area contributed by atoms with Crippen LogP contribution in [0.2, 0.25) is 0 Å². The molecule has 46 heavy (non-hydrogen) atoms. The third-order valence-corrected chi connectivity index (χ3v) is 16.0. The SMILES string of the molecule is c1ccc(N2c3ccccc3[SiH](c3ccccc3)c3cc4c(cc32)N(c2ccccc2)c2ccccc2[SiH]4c2ccccc2)cc1. The lowest BCUT2D eigenvalue weighted by Crippen LogP contribution is -2.62. The largest absolute Gasteiger partial charge is 0.311 e. The molecule has 218 valence electrons. The van der Waals surface area contributed by atoms with Gasteiger partial charge < -0.3 is 9.80 Å². The fraction of sp³-hybridized carbons (Fsp3) is 0. The molecule has 0 saturated heterocycles. The van der Waals surface area contributed by atoms with Gasteiger partial charge in [0, 0.05) is 34.1 Å². The number of fused-ring (bicyclic) bond motifs is 4. The molecule has 0 N–H and O–H groups in total. The first kappa shape index (κ1) is 26.9. The van der Waals surface area contributed by atoms with Crippen LogP contribution in [0.3, 0.4) is 0 Å². The number of hydrogen-bond donors (Lipinski definition) is 0. The van der Waals surface area contributed by atoms with Crippen molar-refractivity contribution in [3.63, 3.8) is 0 Å². The molecule has 7 aromatic carbocycles. The molecule has 7 aromatic rings. The zero-order chi connectivity index (χ0) is 30.5. The van der Waals surface area contributed by atoms with Crippen LogP contribution >= 0.6 is 0 Å². The maximum atomic E-state index is 2.65. The number of anilines is 6. The van der Waals surface area contributed by atoms with E-state index in [0.29, 0.717) is 0 Å². The molecular formula is C42H32N2Si2. The summed E-state index contributed by atoms with van der Waals surface area (Å²) >= 11 is 0. The molecule has 0 radical (unpaired) electrons. The number of para-hydroxylation sites is 4. The van der Waals surface area contributed by atoms with Gasteiger partial charge in [-0.05, 0) is 63.2 Å². The van der Waals surface area contributed by atoms with Crippen molar-refractivity contribution in [1.82, 2.24) is 0 Å². The molecule has 0 spiro atoms. The van der Waals surface area contributed by atoms with Crippen molar-refractivity contribution >= 4 is 82.8 Å². The van der Waals surface area contributed by atoms with Gasteiger partial charge in [-0.1, -0.05) is 150 Å². The van der Waals surface area contributed by atoms with Gasteiger partial charge in [0.05, 0.1) is 0 Å². The zero-order valence-corrected chi connectivity index (χ0v) is 27.7. The van der Waals surface area contributed by atoms with Crippen molar-refractivity contribution in [3.05, 3.63) is 182 Å². The maximum absolute atomic E-state index is 2.65. The summed E-state index contributed by atoms with van der Waals surface area (Å²) < 4.78 is 0. The summed E-state index contributed by atoms with van der Waals surface area (Å²) in [5.74, 6) is 0. The summed E-state index contributed by atoms with van der Waals surface area (Å²) in [6.07, 6.45) is 0. The summed E-state index contributed by atoms with van der Waals surface area (Å²) in [5.41, 5.74) is 7.56. The normalized spacial score (nSPS) is 16.2. The Bertz CT molecular complexity index is 1860. The third kappa shape index (κ3) is 4.30. The first-order valence-corrected chi connectivity index (χ1v) is 19.5. The average Bonchev–Trinajstić information content (AvgIpc) is 3.13. The van der Waals surface area contributed by atoms with E-state index in [2.05, 4.69) is 192 Å². The molecular weight excluding hydrogens is 589 g/mol. The molecule has 0 aliphatic carbocycles. The number of benzene rings is 7. The Morgan fingerprint density at radius 3 is 1.04 bits per heavy atom. The smallest absolute Gasteiger partial charge is 0.138 e. The Kier molecular flexibility index (Phi) is 6.55. The van der Waals surface area contributed by atoms with Gasteiger partial charge in [0.2, 0.25) is 0 Å². The van der Waals surface area contributed by atoms with Gasteiger partial charge in [-0.25, -0.2) is 0 Å². The van der Waals surface area contributed by atoms with Gasteiger partial charge in [0.1, 0.15) is 17.6 Å². The van der Waals surface area contributed by atoms with Gasteiger partial charge in [-0.2, -0.15) is 0 Å². The first-order valence-electron chi connectivity index (χ1n) is 16.0. The molecule has 2 aliphatic heterocycles. The van der Waals surface area contributed by atoms with Gasteiger partial charge in [-0.15, -0.1) is 0 Å². The van der Waals surface area contributed by atoms with E-state index in [9.17, 15) is 0 Å². The van der Waals surface area contributed by atoms with E-state index in [1.807, 2.05) is 0 Å². The molecule has 2 aliphatic rings. The van der Waals surface area contributed by atoms with Gasteiger partial charge >= 0.3 is 0 Å². The molecule has 0 saturated carbocycles. The second-order valence-electron chi connectivity index (χ2n) is 12.1. The second-order valence-corrected chi connectivity index (χ2v) is 17.7. The number of hydrogen-bond acceptors (Lipinski definition) is 2. The van der Waals surface area contributed by atoms with E-state index in [0.717, 1.165) is 0 Å². The van der Waals surface area contributed by atoms with Gasteiger partial charge in [0.15, 0.2) is 0 Å². The van der Waals surface area contributed by atoms with Gasteiger partial charge in [-0.3, -0.25) is 0 Å². The maximum Gasteiger partial charge on any atom is 0.138 e. The highest BCUT2D eigenvalue weighted by Crippen LogP contribution is 2.41. The van der Waals surface area contributed by atoms with E-state index in [1.54, 1.807) is 0 Å². The number of rotatable bonds is 4. The van der Waals surface area contributed by atoms with Crippen LogP contribution < -0.4 is 40.9 Å². The third-order valence-electron chi connectivity index (χ3n) is 9.55. The molecule has 0 aromatic heterocycles. The molecule has 9 rings (SSSR count). The summed E-state index contributed by atoms with van der Waals surface area (Å²) in [6, 6.07) is 67.8. The highest BCUT2D eigenvalue weighted by Gasteiger charge is 2.39. The van der Waals surface area contributed by atoms with Crippen LogP contribution in [0.15, 0.2) is 182 Å². The fourth-order valence-corrected chi connectivity index (χ4v) is 14.5. The van der Waals surface area contributed by atoms with Crippen molar-refractivity contribution < 1.29 is 0 Å². The van der Waals surface area contributed by atoms with E-state index < -0.39 is 17.6 Å². The minimum absolute atomic E-state index is 1.19. The highest BCUT2D eigenvalue weighted by molar-refractivity contribution is 7.00. The predicted molar refractivity (Wildman–Crippen MR) is 201 cm³/mol. The van der Waals surface area contributed by atoms with Crippen molar-refractivity contribution in [2.45, 2.75) is 0 Å². The first-order chi connectivity index (χ1) is 22.9. The summed E-state index contributed by atoms with van der Waals surface area (Å²) in [6.45, 7) is 0. The van der Waals surface area contributed by atoms with Crippen molar-refractivity contribution in [3.8, 4) is 0 Å². The van der Waals surface area contributed by atoms with Crippen LogP contribution in [0.5, 0.6) is 0 Å². The lowest BCUT2D eigenvalue weighted by atomic mass is 10.1. The van der Waals surface area contributed by atoms with Crippen molar-refractivity contribution in [2.75, 3.05) is 9.80 Å². The van der Waals surface area contributed by atoms with Crippen LogP contribution in [-0.4, -0.2) is 17.6 Å². The van der Waals surface area contributed by atoms with E-state index in [4.69, 9.17) is 0 Å². The average molecular weight is 621 g/mol. The molecule has 0 fully saturated rings. The van der Waals surface area contributed by atoms with E-state index >= 15 is 0 Å². The quantitative estimate of drug-likeness (QED) is 0.231. The van der Waals surface area contributed by atoms with Crippen LogP contribution in [0, 0.1) is 0 Å². The molecule has 0 bridgehead atoms. The lowest BCUT2D eigenvalue weighted by Gasteiger charge is -2.42. The zero-order valence-electron chi connectivity index (χ0n) is 25.4. The minimum atomic E-state index is -1.83. The Morgan fingerprint density at radius 2 is 0.630 bits per heavy atom. The summed E-state index contributed by atoms with van der Waals surface area (Å²) in [7, 11) is -3.66. The molecule has 0 amide bonds. The molecule has 2 atom stereocenters. The Balaban J connectivity index is 1.40. The molecule has 2 heterocycles.